The number of benzene rings is 2. The molecular weight excluding hydrogens is 688 g/mol. The molecule has 9 N–H and O–H groups in total. The molecule has 1 saturated heterocycles. The molecule has 296 valence electrons. The summed E-state index contributed by atoms with van der Waals surface area (Å²) in [6, 6.07) is 15.5. The third-order valence-corrected chi connectivity index (χ3v) is 9.87. The van der Waals surface area contributed by atoms with E-state index in [2.05, 4.69) is 16.0 Å². The van der Waals surface area contributed by atoms with Crippen molar-refractivity contribution in [3.05, 3.63) is 71.8 Å². The number of likely N-dealkylation sites (tertiary alicyclic amines) is 1. The Balaban J connectivity index is 1.48. The molecule has 1 aliphatic carbocycles. The summed E-state index contributed by atoms with van der Waals surface area (Å²) in [5.74, 6) is -1.72. The molecule has 3 atom stereocenters. The lowest BCUT2D eigenvalue weighted by Crippen LogP contribution is -2.61. The standard InChI is InChI=1S/C40H60N8O6/c1-28(2)25-33(35(49)44-32(15-9-10-20-41)37(51)47-22-18-40(43,19-23-47)38(52)54-31-16-17-31)45-36(50)34(26-29-11-5-3-6-12-29)46-39(53)48(24-21-42)27-30-13-7-4-8-14-30/h3-8,11-14,28,31-34H,9-10,15-27,41-43H2,1-2H3,(H,44,49)(H,45,50)(H,46,53)/t32-,33-,34-/m1/s1. The summed E-state index contributed by atoms with van der Waals surface area (Å²) in [5, 5.41) is 8.75. The van der Waals surface area contributed by atoms with Gasteiger partial charge >= 0.3 is 12.0 Å². The topological polar surface area (TPSA) is 215 Å². The number of nitrogens with two attached hydrogens (primary N) is 3. The SMILES string of the molecule is CC(C)C[C@@H](NC(=O)[C@@H](Cc1ccccc1)NC(=O)N(CCN)Cc1ccccc1)C(=O)N[C@H](CCCCN)C(=O)N1CCC(N)(C(=O)OC2CC2)CC1. The molecule has 54 heavy (non-hydrogen) atoms. The Hall–Kier alpha value is -4.53. The predicted octanol–water partition coefficient (Wildman–Crippen LogP) is 1.94. The van der Waals surface area contributed by atoms with Crippen LogP contribution in [0.5, 0.6) is 0 Å². The van der Waals surface area contributed by atoms with E-state index in [9.17, 15) is 24.0 Å². The summed E-state index contributed by atoms with van der Waals surface area (Å²) < 4.78 is 5.47. The van der Waals surface area contributed by atoms with E-state index in [1.165, 1.54) is 0 Å². The van der Waals surface area contributed by atoms with Crippen LogP contribution in [0.4, 0.5) is 4.79 Å². The van der Waals surface area contributed by atoms with Crippen molar-refractivity contribution in [1.29, 1.82) is 0 Å². The zero-order valence-electron chi connectivity index (χ0n) is 31.8. The van der Waals surface area contributed by atoms with E-state index in [0.717, 1.165) is 24.0 Å². The molecule has 0 spiro atoms. The van der Waals surface area contributed by atoms with Crippen LogP contribution in [0, 0.1) is 5.92 Å². The number of carbonyl (C=O) groups excluding carboxylic acids is 5. The lowest BCUT2D eigenvalue weighted by molar-refractivity contribution is -0.155. The maximum Gasteiger partial charge on any atom is 0.326 e. The van der Waals surface area contributed by atoms with Crippen molar-refractivity contribution < 1.29 is 28.7 Å². The smallest absolute Gasteiger partial charge is 0.326 e. The molecule has 0 radical (unpaired) electrons. The number of esters is 1. The quantitative estimate of drug-likeness (QED) is 0.0861. The van der Waals surface area contributed by atoms with Crippen molar-refractivity contribution in [2.75, 3.05) is 32.7 Å². The second-order valence-corrected chi connectivity index (χ2v) is 15.0. The zero-order chi connectivity index (χ0) is 39.1. The fraction of sp³-hybridized carbons (Fsp3) is 0.575. The van der Waals surface area contributed by atoms with Crippen molar-refractivity contribution in [2.24, 2.45) is 23.1 Å². The van der Waals surface area contributed by atoms with Crippen molar-refractivity contribution in [3.63, 3.8) is 0 Å². The summed E-state index contributed by atoms with van der Waals surface area (Å²) in [5.41, 5.74) is 18.6. The number of hydrogen-bond acceptors (Lipinski definition) is 9. The summed E-state index contributed by atoms with van der Waals surface area (Å²) >= 11 is 0. The molecule has 14 nitrogen and oxygen atoms in total. The first-order valence-corrected chi connectivity index (χ1v) is 19.3. The lowest BCUT2D eigenvalue weighted by Gasteiger charge is -2.39. The molecule has 2 aliphatic rings. The van der Waals surface area contributed by atoms with E-state index in [1.54, 1.807) is 9.80 Å². The lowest BCUT2D eigenvalue weighted by atomic mass is 9.88. The van der Waals surface area contributed by atoms with Crippen LogP contribution < -0.4 is 33.2 Å². The van der Waals surface area contributed by atoms with E-state index >= 15 is 0 Å². The third-order valence-electron chi connectivity index (χ3n) is 9.87. The molecule has 1 aliphatic heterocycles. The Kier molecular flexibility index (Phi) is 16.3. The van der Waals surface area contributed by atoms with Gasteiger partial charge in [0.15, 0.2) is 0 Å². The minimum atomic E-state index is -1.15. The molecule has 4 rings (SSSR count). The number of nitrogens with zero attached hydrogens (tertiary/aromatic N) is 2. The van der Waals surface area contributed by atoms with Crippen LogP contribution in [-0.4, -0.2) is 102 Å². The molecule has 1 heterocycles. The predicted molar refractivity (Wildman–Crippen MR) is 206 cm³/mol. The highest BCUT2D eigenvalue weighted by atomic mass is 16.6. The number of amides is 5. The average molecular weight is 749 g/mol. The van der Waals surface area contributed by atoms with Gasteiger partial charge in [-0.1, -0.05) is 74.5 Å². The Morgan fingerprint density at radius 1 is 0.815 bits per heavy atom. The number of piperidine rings is 1. The van der Waals surface area contributed by atoms with Gasteiger partial charge < -0.3 is 47.7 Å². The number of hydrogen-bond donors (Lipinski definition) is 6. The Bertz CT molecular complexity index is 1510. The highest BCUT2D eigenvalue weighted by Gasteiger charge is 2.43. The maximum atomic E-state index is 14.1. The molecular formula is C40H60N8O6. The second-order valence-electron chi connectivity index (χ2n) is 15.0. The van der Waals surface area contributed by atoms with E-state index in [0.29, 0.717) is 38.8 Å². The number of ether oxygens (including phenoxy) is 1. The van der Waals surface area contributed by atoms with E-state index in [4.69, 9.17) is 21.9 Å². The van der Waals surface area contributed by atoms with Gasteiger partial charge in [-0.2, -0.15) is 0 Å². The fourth-order valence-electron chi connectivity index (χ4n) is 6.51. The van der Waals surface area contributed by atoms with Gasteiger partial charge in [0.05, 0.1) is 0 Å². The van der Waals surface area contributed by atoms with Crippen molar-refractivity contribution in [3.8, 4) is 0 Å². The van der Waals surface area contributed by atoms with Crippen molar-refractivity contribution in [2.45, 2.75) is 108 Å². The van der Waals surface area contributed by atoms with Gasteiger partial charge in [-0.15, -0.1) is 0 Å². The summed E-state index contributed by atoms with van der Waals surface area (Å²) in [6.07, 6.45) is 4.23. The normalized spacial score (nSPS) is 16.8. The molecule has 1 saturated carbocycles. The number of nitrogens with one attached hydrogen (secondary N) is 3. The van der Waals surface area contributed by atoms with Crippen LogP contribution in [0.2, 0.25) is 0 Å². The monoisotopic (exact) mass is 748 g/mol. The first-order chi connectivity index (χ1) is 25.9. The second kappa shape index (κ2) is 20.8. The molecule has 0 aromatic heterocycles. The van der Waals surface area contributed by atoms with Crippen molar-refractivity contribution in [1.82, 2.24) is 25.8 Å². The highest BCUT2D eigenvalue weighted by molar-refractivity contribution is 5.94. The minimum absolute atomic E-state index is 0.00990. The van der Waals surface area contributed by atoms with Crippen LogP contribution in [0.3, 0.4) is 0 Å². The van der Waals surface area contributed by atoms with Crippen LogP contribution in [-0.2, 0) is 36.9 Å². The van der Waals surface area contributed by atoms with Crippen LogP contribution in [0.15, 0.2) is 60.7 Å². The molecule has 5 amide bonds. The van der Waals surface area contributed by atoms with Gasteiger partial charge in [-0.25, -0.2) is 4.79 Å². The minimum Gasteiger partial charge on any atom is -0.461 e. The molecule has 0 unspecified atom stereocenters. The summed E-state index contributed by atoms with van der Waals surface area (Å²) in [7, 11) is 0. The van der Waals surface area contributed by atoms with Gasteiger partial charge in [0.2, 0.25) is 17.7 Å². The number of rotatable bonds is 20. The number of carbonyl (C=O) groups is 5. The third kappa shape index (κ3) is 13.1. The van der Waals surface area contributed by atoms with E-state index in [-0.39, 0.29) is 63.4 Å². The van der Waals surface area contributed by atoms with Gasteiger partial charge in [0.1, 0.15) is 29.8 Å². The summed E-state index contributed by atoms with van der Waals surface area (Å²) in [4.78, 5) is 71.6. The largest absolute Gasteiger partial charge is 0.461 e. The van der Waals surface area contributed by atoms with Gasteiger partial charge in [0, 0.05) is 39.1 Å². The molecule has 14 heteroatoms. The van der Waals surface area contributed by atoms with Crippen molar-refractivity contribution >= 4 is 29.7 Å². The van der Waals surface area contributed by atoms with Crippen LogP contribution in [0.25, 0.3) is 0 Å². The first kappa shape index (κ1) is 42.2. The van der Waals surface area contributed by atoms with Gasteiger partial charge in [0.25, 0.3) is 0 Å². The molecule has 2 aromatic carbocycles. The Morgan fingerprint density at radius 3 is 1.98 bits per heavy atom. The zero-order valence-corrected chi connectivity index (χ0v) is 31.8. The van der Waals surface area contributed by atoms with E-state index in [1.807, 2.05) is 74.5 Å². The molecule has 2 aromatic rings. The Labute approximate surface area is 319 Å². The number of urea groups is 1. The number of unbranched alkanes of at least 4 members (excludes halogenated alkanes) is 1. The molecule has 0 bridgehead atoms. The van der Waals surface area contributed by atoms with Gasteiger partial charge in [-0.3, -0.25) is 19.2 Å². The first-order valence-electron chi connectivity index (χ1n) is 19.3. The van der Waals surface area contributed by atoms with E-state index < -0.39 is 47.5 Å². The Morgan fingerprint density at radius 2 is 1.41 bits per heavy atom. The van der Waals surface area contributed by atoms with Gasteiger partial charge in [-0.05, 0) is 75.0 Å². The maximum absolute atomic E-state index is 14.1. The van der Waals surface area contributed by atoms with Crippen LogP contribution >= 0.6 is 0 Å². The highest BCUT2D eigenvalue weighted by Crippen LogP contribution is 2.29. The average Bonchev–Trinajstić information content (AvgIpc) is 3.98. The fourth-order valence-corrected chi connectivity index (χ4v) is 6.51. The molecule has 2 fully saturated rings. The van der Waals surface area contributed by atoms with Crippen LogP contribution in [0.1, 0.15) is 76.3 Å². The summed E-state index contributed by atoms with van der Waals surface area (Å²) in [6.45, 7) is 5.61.